The molecule has 1 aromatic rings. The van der Waals surface area contributed by atoms with E-state index in [0.717, 1.165) is 30.0 Å². The second-order valence-corrected chi connectivity index (χ2v) is 6.13. The molecule has 3 unspecified atom stereocenters. The van der Waals surface area contributed by atoms with Gasteiger partial charge in [0.2, 0.25) is 0 Å². The van der Waals surface area contributed by atoms with E-state index in [1.54, 1.807) is 0 Å². The van der Waals surface area contributed by atoms with Crippen molar-refractivity contribution in [1.82, 2.24) is 9.88 Å². The number of allylic oxidation sites excluding steroid dienone is 3. The van der Waals surface area contributed by atoms with Crippen molar-refractivity contribution >= 4 is 12.1 Å². The Balaban J connectivity index is 1.65. The van der Waals surface area contributed by atoms with Gasteiger partial charge in [-0.15, -0.1) is 0 Å². The van der Waals surface area contributed by atoms with Gasteiger partial charge in [0.25, 0.3) is 0 Å². The lowest BCUT2D eigenvalue weighted by Gasteiger charge is -2.33. The van der Waals surface area contributed by atoms with E-state index in [1.807, 2.05) is 37.7 Å². The fourth-order valence-corrected chi connectivity index (χ4v) is 3.47. The van der Waals surface area contributed by atoms with Crippen LogP contribution >= 0.6 is 0 Å². The zero-order valence-electron chi connectivity index (χ0n) is 13.4. The third-order valence-electron chi connectivity index (χ3n) is 4.66. The van der Waals surface area contributed by atoms with Gasteiger partial charge >= 0.3 is 0 Å². The molecule has 3 heterocycles. The predicted molar refractivity (Wildman–Crippen MR) is 90.1 cm³/mol. The van der Waals surface area contributed by atoms with Crippen molar-refractivity contribution < 1.29 is 4.74 Å². The van der Waals surface area contributed by atoms with E-state index >= 15 is 0 Å². The number of nitrogens with zero attached hydrogens (tertiary/aromatic N) is 4. The van der Waals surface area contributed by atoms with E-state index in [-0.39, 0.29) is 18.2 Å². The van der Waals surface area contributed by atoms with Crippen LogP contribution in [0.2, 0.25) is 0 Å². The first-order valence-corrected chi connectivity index (χ1v) is 8.02. The molecule has 0 bridgehead atoms. The van der Waals surface area contributed by atoms with Crippen LogP contribution in [0.5, 0.6) is 0 Å². The summed E-state index contributed by atoms with van der Waals surface area (Å²) in [6.07, 6.45) is 11.9. The highest BCUT2D eigenvalue weighted by Crippen LogP contribution is 2.40. The molecule has 0 amide bonds. The average molecular weight is 308 g/mol. The fraction of sp³-hybridized carbons (Fsp3) is 0.389. The molecule has 0 saturated carbocycles. The molecular formula is C18H20N4O. The van der Waals surface area contributed by atoms with E-state index in [2.05, 4.69) is 34.1 Å². The zero-order chi connectivity index (χ0) is 15.8. The minimum atomic E-state index is -0.0680. The van der Waals surface area contributed by atoms with Crippen LogP contribution in [0.15, 0.2) is 58.1 Å². The number of pyridine rings is 1. The summed E-state index contributed by atoms with van der Waals surface area (Å²) in [7, 11) is 2.11. The van der Waals surface area contributed by atoms with Crippen molar-refractivity contribution in [2.75, 3.05) is 7.05 Å². The Labute approximate surface area is 136 Å². The van der Waals surface area contributed by atoms with Gasteiger partial charge in [0.05, 0.1) is 17.7 Å². The van der Waals surface area contributed by atoms with Crippen LogP contribution in [0, 0.1) is 5.92 Å². The molecule has 0 radical (unpaired) electrons. The molecule has 1 aliphatic carbocycles. The van der Waals surface area contributed by atoms with E-state index in [4.69, 9.17) is 9.73 Å². The molecule has 118 valence electrons. The van der Waals surface area contributed by atoms with Crippen LogP contribution in [-0.4, -0.2) is 35.2 Å². The number of hydrogen-bond acceptors (Lipinski definition) is 5. The summed E-state index contributed by atoms with van der Waals surface area (Å²) >= 11 is 0. The topological polar surface area (TPSA) is 50.1 Å². The largest absolute Gasteiger partial charge is 0.468 e. The summed E-state index contributed by atoms with van der Waals surface area (Å²) < 4.78 is 6.25. The zero-order valence-corrected chi connectivity index (χ0v) is 13.4. The predicted octanol–water partition coefficient (Wildman–Crippen LogP) is 3.09. The average Bonchev–Trinajstić information content (AvgIpc) is 2.93. The Hall–Kier alpha value is -2.43. The summed E-state index contributed by atoms with van der Waals surface area (Å²) in [6, 6.07) is 4.05. The smallest absolute Gasteiger partial charge is 0.182 e. The molecule has 0 spiro atoms. The normalized spacial score (nSPS) is 29.4. The monoisotopic (exact) mass is 308 g/mol. The van der Waals surface area contributed by atoms with Crippen LogP contribution in [0.4, 0.5) is 0 Å². The quantitative estimate of drug-likeness (QED) is 0.843. The highest BCUT2D eigenvalue weighted by atomic mass is 16.5. The molecule has 0 aromatic carbocycles. The Morgan fingerprint density at radius 1 is 1.26 bits per heavy atom. The van der Waals surface area contributed by atoms with Crippen molar-refractivity contribution in [3.8, 4) is 0 Å². The first-order chi connectivity index (χ1) is 11.2. The SMILES string of the molecule is CC1=NC(c2ccncc2)C(C2OC3=C(CCC=C3)N2C)C=N1. The molecule has 23 heavy (non-hydrogen) atoms. The number of ether oxygens (including phenoxy) is 1. The third-order valence-corrected chi connectivity index (χ3v) is 4.66. The van der Waals surface area contributed by atoms with Gasteiger partial charge in [-0.05, 0) is 43.5 Å². The highest BCUT2D eigenvalue weighted by Gasteiger charge is 2.40. The lowest BCUT2D eigenvalue weighted by atomic mass is 9.92. The van der Waals surface area contributed by atoms with E-state index in [1.165, 1.54) is 5.70 Å². The summed E-state index contributed by atoms with van der Waals surface area (Å²) in [6.45, 7) is 1.94. The summed E-state index contributed by atoms with van der Waals surface area (Å²) in [4.78, 5) is 15.6. The molecular weight excluding hydrogens is 288 g/mol. The van der Waals surface area contributed by atoms with Gasteiger partial charge in [-0.2, -0.15) is 0 Å². The van der Waals surface area contributed by atoms with Crippen molar-refractivity contribution in [1.29, 1.82) is 0 Å². The molecule has 4 rings (SSSR count). The van der Waals surface area contributed by atoms with Crippen molar-refractivity contribution in [3.05, 3.63) is 53.7 Å². The molecule has 3 atom stereocenters. The minimum absolute atomic E-state index is 0.00767. The van der Waals surface area contributed by atoms with Gasteiger partial charge in [-0.3, -0.25) is 9.98 Å². The standard InChI is InChI=1S/C18H20N4O/c1-12-20-11-14(17(21-12)13-7-9-19-10-8-13)18-22(2)15-5-3-4-6-16(15)23-18/h4,6-11,14,17-18H,3,5H2,1-2H3. The van der Waals surface area contributed by atoms with Crippen molar-refractivity contribution in [3.63, 3.8) is 0 Å². The van der Waals surface area contributed by atoms with Crippen molar-refractivity contribution in [2.45, 2.75) is 32.0 Å². The molecule has 5 nitrogen and oxygen atoms in total. The first-order valence-electron chi connectivity index (χ1n) is 8.02. The number of aliphatic imine (C=N–C) groups is 2. The van der Waals surface area contributed by atoms with Gasteiger partial charge in [0, 0.05) is 25.7 Å². The second kappa shape index (κ2) is 5.65. The Kier molecular flexibility index (Phi) is 3.48. The maximum absolute atomic E-state index is 6.25. The molecule has 5 heteroatoms. The van der Waals surface area contributed by atoms with Crippen LogP contribution in [0.1, 0.15) is 31.4 Å². The molecule has 0 saturated heterocycles. The van der Waals surface area contributed by atoms with Crippen LogP contribution in [0.25, 0.3) is 0 Å². The maximum Gasteiger partial charge on any atom is 0.182 e. The Morgan fingerprint density at radius 2 is 2.09 bits per heavy atom. The van der Waals surface area contributed by atoms with Crippen LogP contribution in [0.3, 0.4) is 0 Å². The highest BCUT2D eigenvalue weighted by molar-refractivity contribution is 5.90. The van der Waals surface area contributed by atoms with Crippen LogP contribution in [-0.2, 0) is 4.74 Å². The fourth-order valence-electron chi connectivity index (χ4n) is 3.47. The molecule has 0 fully saturated rings. The van der Waals surface area contributed by atoms with E-state index in [9.17, 15) is 0 Å². The summed E-state index contributed by atoms with van der Waals surface area (Å²) in [5, 5.41) is 0. The number of rotatable bonds is 2. The number of hydrogen-bond donors (Lipinski definition) is 0. The van der Waals surface area contributed by atoms with Crippen LogP contribution < -0.4 is 0 Å². The minimum Gasteiger partial charge on any atom is -0.468 e. The van der Waals surface area contributed by atoms with Gasteiger partial charge < -0.3 is 9.64 Å². The number of aromatic nitrogens is 1. The lowest BCUT2D eigenvalue weighted by Crippen LogP contribution is -2.39. The lowest BCUT2D eigenvalue weighted by molar-refractivity contribution is 0.0238. The van der Waals surface area contributed by atoms with E-state index in [0.29, 0.717) is 0 Å². The molecule has 1 aromatic heterocycles. The number of amidine groups is 1. The molecule has 3 aliphatic rings. The summed E-state index contributed by atoms with van der Waals surface area (Å²) in [5.74, 6) is 1.88. The van der Waals surface area contributed by atoms with E-state index < -0.39 is 0 Å². The Bertz CT molecular complexity index is 720. The second-order valence-electron chi connectivity index (χ2n) is 6.13. The molecule has 0 N–H and O–H groups in total. The van der Waals surface area contributed by atoms with Crippen molar-refractivity contribution in [2.24, 2.45) is 15.9 Å². The molecule has 2 aliphatic heterocycles. The Morgan fingerprint density at radius 3 is 2.87 bits per heavy atom. The van der Waals surface area contributed by atoms with Gasteiger partial charge in [-0.25, -0.2) is 4.99 Å². The summed E-state index contributed by atoms with van der Waals surface area (Å²) in [5.41, 5.74) is 2.43. The third kappa shape index (κ3) is 2.46. The maximum atomic E-state index is 6.25. The first kappa shape index (κ1) is 14.2. The van der Waals surface area contributed by atoms with Gasteiger partial charge in [0.1, 0.15) is 11.6 Å². The van der Waals surface area contributed by atoms with Gasteiger partial charge in [-0.1, -0.05) is 6.08 Å². The van der Waals surface area contributed by atoms with Gasteiger partial charge in [0.15, 0.2) is 6.23 Å².